The quantitative estimate of drug-likeness (QED) is 0.608. The van der Waals surface area contributed by atoms with Crippen LogP contribution in [0.25, 0.3) is 10.8 Å². The number of rotatable bonds is 6. The Morgan fingerprint density at radius 3 is 2.52 bits per heavy atom. The maximum atomic E-state index is 13.0. The lowest BCUT2D eigenvalue weighted by molar-refractivity contribution is 0.0938. The third-order valence-corrected chi connectivity index (χ3v) is 5.26. The van der Waals surface area contributed by atoms with Crippen LogP contribution in [0.2, 0.25) is 0 Å². The molecule has 7 heteroatoms. The Morgan fingerprint density at radius 1 is 1.07 bits per heavy atom. The van der Waals surface area contributed by atoms with E-state index in [1.807, 2.05) is 70.2 Å². The van der Waals surface area contributed by atoms with E-state index in [0.29, 0.717) is 12.2 Å². The summed E-state index contributed by atoms with van der Waals surface area (Å²) >= 11 is 1.38. The Kier molecular flexibility index (Phi) is 6.49. The normalized spacial score (nSPS) is 11.1. The van der Waals surface area contributed by atoms with Crippen LogP contribution in [0.1, 0.15) is 43.2 Å². The van der Waals surface area contributed by atoms with Gasteiger partial charge >= 0.3 is 6.03 Å². The Hall–Kier alpha value is -2.93. The van der Waals surface area contributed by atoms with Crippen molar-refractivity contribution < 1.29 is 9.59 Å². The highest BCUT2D eigenvalue weighted by Gasteiger charge is 2.21. The maximum absolute atomic E-state index is 13.0. The second-order valence-corrected chi connectivity index (χ2v) is 8.38. The molecular formula is C22H26N4O2S. The molecule has 152 valence electrons. The number of nitrogens with one attached hydrogen (secondary N) is 2. The number of nitrogens with zero attached hydrogens (tertiary/aromatic N) is 2. The fraction of sp³-hybridized carbons (Fsp3) is 0.318. The molecule has 0 unspecified atom stereocenters. The molecule has 1 aromatic heterocycles. The molecule has 6 nitrogen and oxygen atoms in total. The molecule has 3 rings (SSSR count). The lowest BCUT2D eigenvalue weighted by Gasteiger charge is -2.26. The molecule has 1 heterocycles. The van der Waals surface area contributed by atoms with Gasteiger partial charge in [0.2, 0.25) is 0 Å². The molecule has 0 fully saturated rings. The molecule has 2 N–H and O–H groups in total. The first-order chi connectivity index (χ1) is 13.8. The predicted octanol–water partition coefficient (Wildman–Crippen LogP) is 4.88. The van der Waals surface area contributed by atoms with Crippen LogP contribution in [-0.4, -0.2) is 33.9 Å². The summed E-state index contributed by atoms with van der Waals surface area (Å²) in [6.07, 6.45) is 0. The first-order valence-electron chi connectivity index (χ1n) is 9.65. The van der Waals surface area contributed by atoms with Gasteiger partial charge in [-0.2, -0.15) is 0 Å². The average Bonchev–Trinajstić information content (AvgIpc) is 3.14. The van der Waals surface area contributed by atoms with Gasteiger partial charge in [0.25, 0.3) is 5.91 Å². The molecule has 0 aliphatic carbocycles. The lowest BCUT2D eigenvalue weighted by Crippen LogP contribution is -2.39. The zero-order valence-electron chi connectivity index (χ0n) is 17.1. The monoisotopic (exact) mass is 410 g/mol. The van der Waals surface area contributed by atoms with Crippen LogP contribution >= 0.6 is 11.3 Å². The number of amides is 3. The molecule has 29 heavy (non-hydrogen) atoms. The van der Waals surface area contributed by atoms with E-state index in [-0.39, 0.29) is 24.0 Å². The molecule has 0 saturated carbocycles. The van der Waals surface area contributed by atoms with Gasteiger partial charge in [0.15, 0.2) is 0 Å². The summed E-state index contributed by atoms with van der Waals surface area (Å²) in [6, 6.07) is 13.6. The van der Waals surface area contributed by atoms with Crippen molar-refractivity contribution in [1.82, 2.24) is 15.2 Å². The number of thiazole rings is 1. The summed E-state index contributed by atoms with van der Waals surface area (Å²) in [5, 5.41) is 10.4. The number of urea groups is 1. The van der Waals surface area contributed by atoms with Crippen molar-refractivity contribution in [3.05, 3.63) is 58.5 Å². The molecule has 0 aliphatic rings. The van der Waals surface area contributed by atoms with Crippen molar-refractivity contribution in [2.75, 3.05) is 5.32 Å². The van der Waals surface area contributed by atoms with Crippen molar-refractivity contribution in [2.45, 2.75) is 46.3 Å². The predicted molar refractivity (Wildman–Crippen MR) is 118 cm³/mol. The van der Waals surface area contributed by atoms with Gasteiger partial charge in [-0.3, -0.25) is 4.79 Å². The standard InChI is InChI=1S/C22H26N4O2S/c1-14(2)23-21(27)19-13-29-20(24-19)12-26(15(3)4)22(28)25-18-11-7-9-16-8-5-6-10-17(16)18/h5-11,13-15H,12H2,1-4H3,(H,23,27)(H,25,28). The molecule has 0 aliphatic heterocycles. The van der Waals surface area contributed by atoms with Gasteiger partial charge in [0.05, 0.1) is 12.2 Å². The molecule has 0 radical (unpaired) electrons. The zero-order chi connectivity index (χ0) is 21.0. The molecule has 2 aromatic carbocycles. The van der Waals surface area contributed by atoms with Crippen molar-refractivity contribution in [2.24, 2.45) is 0 Å². The van der Waals surface area contributed by atoms with Gasteiger partial charge in [-0.25, -0.2) is 9.78 Å². The van der Waals surface area contributed by atoms with Crippen LogP contribution in [0, 0.1) is 0 Å². The molecule has 3 amide bonds. The third-order valence-electron chi connectivity index (χ3n) is 4.43. The van der Waals surface area contributed by atoms with Gasteiger partial charge in [0.1, 0.15) is 10.7 Å². The minimum absolute atomic E-state index is 0.0261. The van der Waals surface area contributed by atoms with Crippen molar-refractivity contribution in [3.63, 3.8) is 0 Å². The van der Waals surface area contributed by atoms with Crippen LogP contribution < -0.4 is 10.6 Å². The molecule has 0 bridgehead atoms. The molecule has 3 aromatic rings. The van der Waals surface area contributed by atoms with E-state index in [2.05, 4.69) is 15.6 Å². The lowest BCUT2D eigenvalue weighted by atomic mass is 10.1. The van der Waals surface area contributed by atoms with Gasteiger partial charge in [0, 0.05) is 22.8 Å². The van der Waals surface area contributed by atoms with E-state index in [4.69, 9.17) is 0 Å². The van der Waals surface area contributed by atoms with Crippen LogP contribution in [0.4, 0.5) is 10.5 Å². The second kappa shape index (κ2) is 9.05. The van der Waals surface area contributed by atoms with Gasteiger partial charge < -0.3 is 15.5 Å². The van der Waals surface area contributed by atoms with Gasteiger partial charge in [-0.05, 0) is 39.1 Å². The van der Waals surface area contributed by atoms with Crippen LogP contribution in [0.3, 0.4) is 0 Å². The molecular weight excluding hydrogens is 384 g/mol. The van der Waals surface area contributed by atoms with E-state index < -0.39 is 0 Å². The van der Waals surface area contributed by atoms with E-state index in [9.17, 15) is 9.59 Å². The third kappa shape index (κ3) is 5.12. The molecule has 0 saturated heterocycles. The van der Waals surface area contributed by atoms with Gasteiger partial charge in [-0.1, -0.05) is 36.4 Å². The number of hydrogen-bond acceptors (Lipinski definition) is 4. The number of aromatic nitrogens is 1. The first kappa shape index (κ1) is 20.8. The summed E-state index contributed by atoms with van der Waals surface area (Å²) in [6.45, 7) is 8.08. The highest BCUT2D eigenvalue weighted by atomic mass is 32.1. The number of benzene rings is 2. The zero-order valence-corrected chi connectivity index (χ0v) is 17.9. The van der Waals surface area contributed by atoms with E-state index in [1.165, 1.54) is 11.3 Å². The van der Waals surface area contributed by atoms with Crippen LogP contribution in [-0.2, 0) is 6.54 Å². The first-order valence-corrected chi connectivity index (χ1v) is 10.5. The fourth-order valence-corrected chi connectivity index (χ4v) is 3.75. The Balaban J connectivity index is 1.75. The number of fused-ring (bicyclic) bond motifs is 1. The summed E-state index contributed by atoms with van der Waals surface area (Å²) in [5.41, 5.74) is 1.16. The summed E-state index contributed by atoms with van der Waals surface area (Å²) in [4.78, 5) is 31.3. The average molecular weight is 411 g/mol. The highest BCUT2D eigenvalue weighted by Crippen LogP contribution is 2.24. The summed E-state index contributed by atoms with van der Waals surface area (Å²) < 4.78 is 0. The van der Waals surface area contributed by atoms with Crippen LogP contribution in [0.5, 0.6) is 0 Å². The summed E-state index contributed by atoms with van der Waals surface area (Å²) in [7, 11) is 0. The van der Waals surface area contributed by atoms with Gasteiger partial charge in [-0.15, -0.1) is 11.3 Å². The number of carbonyl (C=O) groups excluding carboxylic acids is 2. The minimum Gasteiger partial charge on any atom is -0.349 e. The SMILES string of the molecule is CC(C)NC(=O)c1csc(CN(C(=O)Nc2cccc3ccccc23)C(C)C)n1. The molecule has 0 atom stereocenters. The topological polar surface area (TPSA) is 74.3 Å². The van der Waals surface area contributed by atoms with Crippen molar-refractivity contribution >= 4 is 39.7 Å². The summed E-state index contributed by atoms with van der Waals surface area (Å²) in [5.74, 6) is -0.196. The Morgan fingerprint density at radius 2 is 1.79 bits per heavy atom. The maximum Gasteiger partial charge on any atom is 0.322 e. The molecule has 0 spiro atoms. The van der Waals surface area contributed by atoms with E-state index in [1.54, 1.807) is 10.3 Å². The fourth-order valence-electron chi connectivity index (χ4n) is 2.98. The number of anilines is 1. The van der Waals surface area contributed by atoms with Crippen molar-refractivity contribution in [1.29, 1.82) is 0 Å². The second-order valence-electron chi connectivity index (χ2n) is 7.43. The van der Waals surface area contributed by atoms with E-state index in [0.717, 1.165) is 21.5 Å². The smallest absolute Gasteiger partial charge is 0.322 e. The number of carbonyl (C=O) groups is 2. The Labute approximate surface area is 174 Å². The number of hydrogen-bond donors (Lipinski definition) is 2. The Bertz CT molecular complexity index is 1010. The minimum atomic E-state index is -0.196. The van der Waals surface area contributed by atoms with Crippen molar-refractivity contribution in [3.8, 4) is 0 Å². The highest BCUT2D eigenvalue weighted by molar-refractivity contribution is 7.09. The largest absolute Gasteiger partial charge is 0.349 e. The van der Waals surface area contributed by atoms with Crippen LogP contribution in [0.15, 0.2) is 47.8 Å². The van der Waals surface area contributed by atoms with E-state index >= 15 is 0 Å².